The van der Waals surface area contributed by atoms with Gasteiger partial charge in [0.1, 0.15) is 0 Å². The van der Waals surface area contributed by atoms with Crippen LogP contribution in [0.2, 0.25) is 0 Å². The second kappa shape index (κ2) is 11.0. The summed E-state index contributed by atoms with van der Waals surface area (Å²) in [6.45, 7) is 0. The number of nitrogens with zero attached hydrogens (tertiary/aromatic N) is 1. The number of hydrogen-bond acceptors (Lipinski definition) is 1. The number of rotatable bonds is 3. The van der Waals surface area contributed by atoms with Crippen LogP contribution in [-0.4, -0.2) is 0 Å². The highest BCUT2D eigenvalue weighted by Crippen LogP contribution is 2.68. The Hall–Kier alpha value is -4.62. The zero-order valence-electron chi connectivity index (χ0n) is 30.2. The molecule has 6 aromatic carbocycles. The van der Waals surface area contributed by atoms with Gasteiger partial charge in [-0.1, -0.05) is 117 Å². The van der Waals surface area contributed by atoms with Crippen LogP contribution in [0.5, 0.6) is 0 Å². The van der Waals surface area contributed by atoms with E-state index in [2.05, 4.69) is 132 Å². The van der Waals surface area contributed by atoms with Crippen LogP contribution in [0, 0.1) is 23.7 Å². The van der Waals surface area contributed by atoms with E-state index in [-0.39, 0.29) is 10.8 Å². The molecule has 0 heterocycles. The third-order valence-electron chi connectivity index (χ3n) is 15.3. The van der Waals surface area contributed by atoms with Crippen LogP contribution in [-0.2, 0) is 10.8 Å². The molecule has 0 saturated heterocycles. The van der Waals surface area contributed by atoms with Crippen LogP contribution in [0.3, 0.4) is 0 Å². The summed E-state index contributed by atoms with van der Waals surface area (Å²) in [6.07, 6.45) is 15.1. The van der Waals surface area contributed by atoms with Crippen LogP contribution in [0.25, 0.3) is 33.0 Å². The quantitative estimate of drug-likeness (QED) is 0.181. The molecule has 1 heteroatoms. The first-order chi connectivity index (χ1) is 25.7. The van der Waals surface area contributed by atoms with Gasteiger partial charge in [-0.2, -0.15) is 0 Å². The van der Waals surface area contributed by atoms with Crippen molar-refractivity contribution in [3.8, 4) is 22.3 Å². The molecule has 5 saturated carbocycles. The van der Waals surface area contributed by atoms with Crippen LogP contribution >= 0.6 is 0 Å². The zero-order chi connectivity index (χ0) is 34.0. The maximum Gasteiger partial charge on any atom is 0.0468 e. The molecule has 5 fully saturated rings. The topological polar surface area (TPSA) is 3.24 Å². The lowest BCUT2D eigenvalue weighted by atomic mass is 9.51. The van der Waals surface area contributed by atoms with Gasteiger partial charge in [0.15, 0.2) is 0 Å². The number of benzene rings is 6. The average Bonchev–Trinajstić information content (AvgIpc) is 3.52. The molecule has 0 aromatic heterocycles. The van der Waals surface area contributed by atoms with Crippen molar-refractivity contribution in [1.82, 2.24) is 0 Å². The monoisotopic (exact) mass is 673 g/mol. The van der Waals surface area contributed by atoms with Crippen molar-refractivity contribution in [1.29, 1.82) is 0 Å². The summed E-state index contributed by atoms with van der Waals surface area (Å²) in [5.41, 5.74) is 16.4. The summed E-state index contributed by atoms with van der Waals surface area (Å²) in [7, 11) is 0. The van der Waals surface area contributed by atoms with Crippen molar-refractivity contribution < 1.29 is 0 Å². The first-order valence-electron chi connectivity index (χ1n) is 20.5. The van der Waals surface area contributed by atoms with E-state index in [1.807, 2.05) is 0 Å². The second-order valence-corrected chi connectivity index (χ2v) is 17.6. The van der Waals surface area contributed by atoms with Gasteiger partial charge in [0.25, 0.3) is 0 Å². The Labute approximate surface area is 308 Å². The molecule has 1 nitrogen and oxygen atoms in total. The van der Waals surface area contributed by atoms with Gasteiger partial charge in [0.2, 0.25) is 0 Å². The van der Waals surface area contributed by atoms with Crippen molar-refractivity contribution in [2.24, 2.45) is 23.7 Å². The summed E-state index contributed by atoms with van der Waals surface area (Å²) < 4.78 is 0. The first-order valence-corrected chi connectivity index (χ1v) is 20.5. The van der Waals surface area contributed by atoms with Gasteiger partial charge in [-0.25, -0.2) is 0 Å². The maximum absolute atomic E-state index is 2.60. The Morgan fingerprint density at radius 3 is 1.94 bits per heavy atom. The van der Waals surface area contributed by atoms with Crippen molar-refractivity contribution in [3.05, 3.63) is 150 Å². The Morgan fingerprint density at radius 1 is 0.423 bits per heavy atom. The molecule has 7 aliphatic carbocycles. The van der Waals surface area contributed by atoms with E-state index in [1.165, 1.54) is 121 Å². The highest BCUT2D eigenvalue weighted by atomic mass is 15.1. The molecule has 0 aliphatic heterocycles. The summed E-state index contributed by atoms with van der Waals surface area (Å²) >= 11 is 0. The minimum absolute atomic E-state index is 0.122. The summed E-state index contributed by atoms with van der Waals surface area (Å²) in [6, 6.07) is 50.0. The molecule has 13 rings (SSSR count). The van der Waals surface area contributed by atoms with Gasteiger partial charge in [0, 0.05) is 27.9 Å². The van der Waals surface area contributed by atoms with Crippen molar-refractivity contribution in [2.45, 2.75) is 81.5 Å². The van der Waals surface area contributed by atoms with E-state index in [1.54, 1.807) is 22.3 Å². The van der Waals surface area contributed by atoms with Gasteiger partial charge < -0.3 is 4.90 Å². The lowest BCUT2D eigenvalue weighted by Gasteiger charge is -2.53. The third kappa shape index (κ3) is 3.95. The highest BCUT2D eigenvalue weighted by molar-refractivity contribution is 5.93. The Bertz CT molecular complexity index is 2400. The Kier molecular flexibility index (Phi) is 6.30. The normalized spacial score (nSPS) is 27.0. The summed E-state index contributed by atoms with van der Waals surface area (Å²) in [5.74, 6) is 3.41. The van der Waals surface area contributed by atoms with E-state index < -0.39 is 0 Å². The van der Waals surface area contributed by atoms with Crippen LogP contribution in [0.15, 0.2) is 127 Å². The van der Waals surface area contributed by atoms with Crippen LogP contribution in [0.1, 0.15) is 92.9 Å². The third-order valence-corrected chi connectivity index (χ3v) is 15.3. The fraction of sp³-hybridized carbons (Fsp3) is 0.333. The number of anilines is 3. The predicted octanol–water partition coefficient (Wildman–Crippen LogP) is 13.7. The van der Waals surface area contributed by atoms with E-state index in [4.69, 9.17) is 0 Å². The van der Waals surface area contributed by atoms with Crippen LogP contribution in [0.4, 0.5) is 17.1 Å². The molecule has 4 bridgehead atoms. The molecule has 2 spiro atoms. The number of fused-ring (bicyclic) bond motifs is 10. The summed E-state index contributed by atoms with van der Waals surface area (Å²) in [4.78, 5) is 2.59. The predicted molar refractivity (Wildman–Crippen MR) is 216 cm³/mol. The molecule has 52 heavy (non-hydrogen) atoms. The fourth-order valence-electron chi connectivity index (χ4n) is 13.5. The molecule has 7 aliphatic rings. The molecular formula is C51H47N. The molecule has 256 valence electrons. The molecule has 5 unspecified atom stereocenters. The fourth-order valence-corrected chi connectivity index (χ4v) is 13.5. The second-order valence-electron chi connectivity index (χ2n) is 17.6. The van der Waals surface area contributed by atoms with E-state index in [0.717, 1.165) is 23.7 Å². The van der Waals surface area contributed by atoms with Gasteiger partial charge >= 0.3 is 0 Å². The highest BCUT2D eigenvalue weighted by Gasteiger charge is 2.59. The largest absolute Gasteiger partial charge is 0.310 e. The smallest absolute Gasteiger partial charge is 0.0468 e. The molecule has 0 N–H and O–H groups in total. The van der Waals surface area contributed by atoms with Gasteiger partial charge in [0.05, 0.1) is 0 Å². The molecule has 0 radical (unpaired) electrons. The van der Waals surface area contributed by atoms with E-state index >= 15 is 0 Å². The Morgan fingerprint density at radius 2 is 1.06 bits per heavy atom. The van der Waals surface area contributed by atoms with Gasteiger partial charge in [-0.05, 0) is 160 Å². The lowest BCUT2D eigenvalue weighted by molar-refractivity contribution is 0.0618. The average molecular weight is 674 g/mol. The number of hydrogen-bond donors (Lipinski definition) is 0. The van der Waals surface area contributed by atoms with Crippen molar-refractivity contribution in [2.75, 3.05) is 4.90 Å². The van der Waals surface area contributed by atoms with E-state index in [0.29, 0.717) is 0 Å². The van der Waals surface area contributed by atoms with Gasteiger partial charge in [-0.3, -0.25) is 0 Å². The first kappa shape index (κ1) is 29.9. The Balaban J connectivity index is 1.07. The molecule has 6 aromatic rings. The molecular weight excluding hydrogens is 627 g/mol. The molecule has 0 amide bonds. The van der Waals surface area contributed by atoms with E-state index in [9.17, 15) is 0 Å². The standard InChI is InChI=1S/C51H47N/c1-8-24-50(25-9-1)46-14-6-4-12-42(46)44-22-20-41(32-49(44)50)52(39-19-17-35-10-2-3-11-36(35)30-39)40-21-23-48-45(31-40)43-13-5-7-15-47(43)51(48)37-18-16-33-26-34(28-37)29-38(51)27-33/h2-7,10-15,17,19-23,30-34,37-38H,1,8-9,16,18,24-29H2. The minimum atomic E-state index is 0.122. The SMILES string of the molecule is c1ccc2c(c1)-c1ccc(N(c3ccc4c(c3)-c3ccccc3C43C4CCC5CC(C4)CC3C5)c3ccc4ccccc4c3)cc1C21CCCCC1. The maximum atomic E-state index is 2.60. The van der Waals surface area contributed by atoms with Gasteiger partial charge in [-0.15, -0.1) is 0 Å². The molecule has 5 atom stereocenters. The van der Waals surface area contributed by atoms with Crippen molar-refractivity contribution in [3.63, 3.8) is 0 Å². The van der Waals surface area contributed by atoms with Crippen molar-refractivity contribution >= 4 is 27.8 Å². The van der Waals surface area contributed by atoms with Crippen LogP contribution < -0.4 is 4.90 Å². The minimum Gasteiger partial charge on any atom is -0.310 e. The lowest BCUT2D eigenvalue weighted by Crippen LogP contribution is -2.48. The zero-order valence-corrected chi connectivity index (χ0v) is 30.2. The summed E-state index contributed by atoms with van der Waals surface area (Å²) in [5, 5.41) is 2.58.